The van der Waals surface area contributed by atoms with Crippen molar-refractivity contribution >= 4 is 41.0 Å². The Morgan fingerprint density at radius 3 is 2.00 bits per heavy atom. The van der Waals surface area contributed by atoms with Crippen LogP contribution in [0.15, 0.2) is 42.5 Å². The van der Waals surface area contributed by atoms with Crippen LogP contribution in [-0.4, -0.2) is 24.4 Å². The highest BCUT2D eigenvalue weighted by Crippen LogP contribution is 2.22. The number of imide groups is 1. The van der Waals surface area contributed by atoms with E-state index >= 15 is 0 Å². The van der Waals surface area contributed by atoms with Gasteiger partial charge in [0.25, 0.3) is 11.8 Å². The second-order valence-corrected chi connectivity index (χ2v) is 7.81. The Hall–Kier alpha value is -2.37. The number of hydrogen-bond donors (Lipinski definition) is 1. The Balaban J connectivity index is 1.91. The lowest BCUT2D eigenvalue weighted by molar-refractivity contribution is -0.123. The van der Waals surface area contributed by atoms with Gasteiger partial charge < -0.3 is 4.74 Å². The summed E-state index contributed by atoms with van der Waals surface area (Å²) in [7, 11) is 0. The average Bonchev–Trinajstić information content (AvgIpc) is 2.58. The van der Waals surface area contributed by atoms with Crippen molar-refractivity contribution in [1.82, 2.24) is 5.32 Å². The molecule has 2 aromatic rings. The largest absolute Gasteiger partial charge is 0.452 e. The summed E-state index contributed by atoms with van der Waals surface area (Å²) in [5.74, 6) is -2.07. The molecule has 0 spiro atoms. The summed E-state index contributed by atoms with van der Waals surface area (Å²) < 4.78 is 4.88. The van der Waals surface area contributed by atoms with Crippen LogP contribution in [-0.2, 0) is 14.9 Å². The summed E-state index contributed by atoms with van der Waals surface area (Å²) in [6.07, 6.45) is 0. The molecule has 27 heavy (non-hydrogen) atoms. The van der Waals surface area contributed by atoms with Gasteiger partial charge in [0, 0.05) is 15.6 Å². The average molecular weight is 408 g/mol. The first-order chi connectivity index (χ1) is 12.6. The number of esters is 1. The molecule has 0 radical (unpaired) electrons. The minimum atomic E-state index is -0.767. The molecule has 2 aromatic carbocycles. The predicted molar refractivity (Wildman–Crippen MR) is 104 cm³/mol. The second kappa shape index (κ2) is 8.55. The van der Waals surface area contributed by atoms with Crippen molar-refractivity contribution in [2.24, 2.45) is 0 Å². The van der Waals surface area contributed by atoms with Crippen molar-refractivity contribution < 1.29 is 19.1 Å². The lowest BCUT2D eigenvalue weighted by Gasteiger charge is -2.19. The standard InChI is InChI=1S/C20H19Cl2NO4/c1-20(2,3)14-6-4-12(5-7-14)18(25)23-17(24)11-27-19(26)13-8-15(21)10-16(22)9-13/h4-10H,11H2,1-3H3,(H,23,24,25). The molecule has 0 heterocycles. The van der Waals surface area contributed by atoms with Crippen LogP contribution in [0.5, 0.6) is 0 Å². The molecule has 1 N–H and O–H groups in total. The molecule has 0 aliphatic rings. The fourth-order valence-corrected chi connectivity index (χ4v) is 2.77. The van der Waals surface area contributed by atoms with Crippen LogP contribution in [0.2, 0.25) is 10.0 Å². The first-order valence-electron chi connectivity index (χ1n) is 8.14. The summed E-state index contributed by atoms with van der Waals surface area (Å²) in [6.45, 7) is 5.59. The zero-order valence-corrected chi connectivity index (χ0v) is 16.6. The van der Waals surface area contributed by atoms with Gasteiger partial charge >= 0.3 is 5.97 Å². The van der Waals surface area contributed by atoms with E-state index in [4.69, 9.17) is 27.9 Å². The van der Waals surface area contributed by atoms with E-state index in [0.717, 1.165) is 5.56 Å². The van der Waals surface area contributed by atoms with E-state index in [9.17, 15) is 14.4 Å². The summed E-state index contributed by atoms with van der Waals surface area (Å²) >= 11 is 11.6. The van der Waals surface area contributed by atoms with Crippen LogP contribution >= 0.6 is 23.2 Å². The van der Waals surface area contributed by atoms with Crippen molar-refractivity contribution in [3.63, 3.8) is 0 Å². The Morgan fingerprint density at radius 1 is 0.926 bits per heavy atom. The number of carbonyl (C=O) groups excluding carboxylic acids is 3. The molecule has 0 saturated carbocycles. The topological polar surface area (TPSA) is 72.5 Å². The summed E-state index contributed by atoms with van der Waals surface area (Å²) in [6, 6.07) is 11.2. The molecular weight excluding hydrogens is 389 g/mol. The third-order valence-electron chi connectivity index (χ3n) is 3.70. The van der Waals surface area contributed by atoms with Gasteiger partial charge in [0.1, 0.15) is 0 Å². The van der Waals surface area contributed by atoms with E-state index in [2.05, 4.69) is 26.1 Å². The number of halogens is 2. The Kier molecular flexibility index (Phi) is 6.63. The SMILES string of the molecule is CC(C)(C)c1ccc(C(=O)NC(=O)COC(=O)c2cc(Cl)cc(Cl)c2)cc1. The van der Waals surface area contributed by atoms with Crippen LogP contribution in [0.4, 0.5) is 0 Å². The molecule has 0 unspecified atom stereocenters. The zero-order chi connectivity index (χ0) is 20.2. The molecule has 0 aromatic heterocycles. The fraction of sp³-hybridized carbons (Fsp3) is 0.250. The summed E-state index contributed by atoms with van der Waals surface area (Å²) in [4.78, 5) is 35.9. The summed E-state index contributed by atoms with van der Waals surface area (Å²) in [5, 5.41) is 2.72. The maximum absolute atomic E-state index is 12.1. The van der Waals surface area contributed by atoms with E-state index in [0.29, 0.717) is 5.56 Å². The van der Waals surface area contributed by atoms with E-state index in [1.165, 1.54) is 18.2 Å². The molecular formula is C20H19Cl2NO4. The van der Waals surface area contributed by atoms with Crippen molar-refractivity contribution in [1.29, 1.82) is 0 Å². The Morgan fingerprint density at radius 2 is 1.48 bits per heavy atom. The van der Waals surface area contributed by atoms with Crippen LogP contribution in [0.25, 0.3) is 0 Å². The van der Waals surface area contributed by atoms with Crippen molar-refractivity contribution in [3.8, 4) is 0 Å². The predicted octanol–water partition coefficient (Wildman–Crippen LogP) is 4.40. The van der Waals surface area contributed by atoms with Gasteiger partial charge in [-0.2, -0.15) is 0 Å². The quantitative estimate of drug-likeness (QED) is 0.761. The van der Waals surface area contributed by atoms with E-state index in [1.54, 1.807) is 12.1 Å². The molecule has 0 atom stereocenters. The fourth-order valence-electron chi connectivity index (χ4n) is 2.24. The number of carbonyl (C=O) groups is 3. The third-order valence-corrected chi connectivity index (χ3v) is 4.14. The molecule has 0 aliphatic heterocycles. The smallest absolute Gasteiger partial charge is 0.338 e. The first-order valence-corrected chi connectivity index (χ1v) is 8.90. The highest BCUT2D eigenvalue weighted by Gasteiger charge is 2.17. The van der Waals surface area contributed by atoms with Crippen molar-refractivity contribution in [3.05, 3.63) is 69.2 Å². The van der Waals surface area contributed by atoms with Gasteiger partial charge in [0.2, 0.25) is 0 Å². The van der Waals surface area contributed by atoms with Gasteiger partial charge in [-0.1, -0.05) is 56.1 Å². The van der Waals surface area contributed by atoms with E-state index < -0.39 is 24.4 Å². The van der Waals surface area contributed by atoms with E-state index in [1.807, 2.05) is 12.1 Å². The number of benzene rings is 2. The maximum Gasteiger partial charge on any atom is 0.338 e. The van der Waals surface area contributed by atoms with Crippen molar-refractivity contribution in [2.45, 2.75) is 26.2 Å². The summed E-state index contributed by atoms with van der Waals surface area (Å²) in [5.41, 5.74) is 1.48. The lowest BCUT2D eigenvalue weighted by Crippen LogP contribution is -2.34. The molecule has 2 rings (SSSR count). The number of amides is 2. The number of rotatable bonds is 4. The maximum atomic E-state index is 12.1. The second-order valence-electron chi connectivity index (χ2n) is 6.94. The van der Waals surface area contributed by atoms with Gasteiger partial charge in [-0.3, -0.25) is 14.9 Å². The normalized spacial score (nSPS) is 11.0. The molecule has 0 aliphatic carbocycles. The first kappa shape index (κ1) is 20.9. The van der Waals surface area contributed by atoms with Gasteiger partial charge in [0.05, 0.1) is 5.56 Å². The van der Waals surface area contributed by atoms with Crippen LogP contribution in [0.1, 0.15) is 47.1 Å². The molecule has 0 fully saturated rings. The molecule has 0 saturated heterocycles. The molecule has 5 nitrogen and oxygen atoms in total. The van der Waals surface area contributed by atoms with Gasteiger partial charge in [-0.05, 0) is 41.3 Å². The third kappa shape index (κ3) is 6.08. The molecule has 142 valence electrons. The van der Waals surface area contributed by atoms with Crippen LogP contribution < -0.4 is 5.32 Å². The highest BCUT2D eigenvalue weighted by molar-refractivity contribution is 6.35. The van der Waals surface area contributed by atoms with Gasteiger partial charge in [-0.15, -0.1) is 0 Å². The molecule has 7 heteroatoms. The zero-order valence-electron chi connectivity index (χ0n) is 15.1. The monoisotopic (exact) mass is 407 g/mol. The molecule has 0 bridgehead atoms. The van der Waals surface area contributed by atoms with Gasteiger partial charge in [-0.25, -0.2) is 4.79 Å². The number of ether oxygens (including phenoxy) is 1. The Bertz CT molecular complexity index is 850. The van der Waals surface area contributed by atoms with Crippen molar-refractivity contribution in [2.75, 3.05) is 6.61 Å². The lowest BCUT2D eigenvalue weighted by atomic mass is 9.87. The van der Waals surface area contributed by atoms with Crippen LogP contribution in [0.3, 0.4) is 0 Å². The van der Waals surface area contributed by atoms with E-state index in [-0.39, 0.29) is 21.0 Å². The van der Waals surface area contributed by atoms with Crippen LogP contribution in [0, 0.1) is 0 Å². The number of nitrogens with one attached hydrogen (secondary N) is 1. The minimum Gasteiger partial charge on any atom is -0.452 e. The van der Waals surface area contributed by atoms with Gasteiger partial charge in [0.15, 0.2) is 6.61 Å². The Labute approximate surface area is 167 Å². The number of hydrogen-bond acceptors (Lipinski definition) is 4. The minimum absolute atomic E-state index is 0.0394. The highest BCUT2D eigenvalue weighted by atomic mass is 35.5. The molecule has 2 amide bonds.